The molecule has 0 fully saturated rings. The molecule has 6 rings (SSSR count). The fourth-order valence-corrected chi connectivity index (χ4v) is 5.01. The maximum atomic E-state index is 13.2. The van der Waals surface area contributed by atoms with Crippen molar-refractivity contribution in [1.29, 1.82) is 5.26 Å². The van der Waals surface area contributed by atoms with E-state index in [9.17, 15) is 28.8 Å². The van der Waals surface area contributed by atoms with Gasteiger partial charge >= 0.3 is 11.9 Å². The van der Waals surface area contributed by atoms with Crippen molar-refractivity contribution in [1.82, 2.24) is 5.32 Å². The highest BCUT2D eigenvalue weighted by Crippen LogP contribution is 2.43. The Labute approximate surface area is 315 Å². The minimum atomic E-state index is -2.06. The summed E-state index contributed by atoms with van der Waals surface area (Å²) in [5.41, 5.74) is -0.142. The second kappa shape index (κ2) is 17.3. The highest BCUT2D eigenvalue weighted by molar-refractivity contribution is 6.52. The molecule has 12 nitrogen and oxygen atoms in total. The summed E-state index contributed by atoms with van der Waals surface area (Å²) in [7, 11) is 3.16. The van der Waals surface area contributed by atoms with Crippen LogP contribution >= 0.6 is 0 Å². The van der Waals surface area contributed by atoms with E-state index in [-0.39, 0.29) is 11.0 Å². The van der Waals surface area contributed by atoms with Crippen molar-refractivity contribution in [2.24, 2.45) is 5.41 Å². The standard InChI is InChI=1S/C21H22N2O4.C9H7NO2.C7H6O2.C5H9N/c1-20(2,3)22-18(25)21(27-17(24)14-10-6-5-7-11-14)15-12-8-9-13-16(15)23(4)19(21)26;1-10-7-5-3-2-4-6(7)8(11)9(10)12;8-7(9)6-4-2-1-3-5-6;1-5(2,3)4-6/h5-13H,1-4H3,(H,22,25);2-5H,1H3;1-5H,(H,8,9);1-3H3. The minimum Gasteiger partial charge on any atom is -0.478 e. The Kier molecular flexibility index (Phi) is 13.4. The highest BCUT2D eigenvalue weighted by Gasteiger charge is 2.59. The lowest BCUT2D eigenvalue weighted by molar-refractivity contribution is -0.153. The molecule has 0 bridgehead atoms. The Balaban J connectivity index is 0.000000236. The molecule has 4 aromatic rings. The van der Waals surface area contributed by atoms with Gasteiger partial charge in [0.1, 0.15) is 0 Å². The first-order valence-corrected chi connectivity index (χ1v) is 16.8. The van der Waals surface area contributed by atoms with E-state index < -0.39 is 46.6 Å². The quantitative estimate of drug-likeness (QED) is 0.136. The van der Waals surface area contributed by atoms with Gasteiger partial charge in [-0.1, -0.05) is 66.7 Å². The number of esters is 1. The van der Waals surface area contributed by atoms with Crippen molar-refractivity contribution in [3.63, 3.8) is 0 Å². The molecule has 2 aliphatic heterocycles. The first-order chi connectivity index (χ1) is 25.2. The van der Waals surface area contributed by atoms with Crippen molar-refractivity contribution < 1.29 is 38.6 Å². The number of carboxylic acids is 1. The number of nitriles is 1. The van der Waals surface area contributed by atoms with Crippen LogP contribution in [0.5, 0.6) is 0 Å². The predicted octanol–water partition coefficient (Wildman–Crippen LogP) is 6.42. The first-order valence-electron chi connectivity index (χ1n) is 16.8. The number of carbonyl (C=O) groups excluding carboxylic acids is 5. The van der Waals surface area contributed by atoms with Gasteiger partial charge in [-0.2, -0.15) is 5.26 Å². The normalized spacial score (nSPS) is 15.4. The van der Waals surface area contributed by atoms with Gasteiger partial charge < -0.3 is 25.0 Å². The van der Waals surface area contributed by atoms with Crippen LogP contribution in [0.4, 0.5) is 11.4 Å². The van der Waals surface area contributed by atoms with Gasteiger partial charge in [-0.25, -0.2) is 9.59 Å². The SMILES string of the molecule is CC(C)(C)C#N.CN1C(=O)C(=O)c2ccccc21.CN1C(=O)C(OC(=O)c2ccccc2)(C(=O)NC(C)(C)C)c2ccccc21.O=C(O)c1ccccc1. The molecule has 0 spiro atoms. The summed E-state index contributed by atoms with van der Waals surface area (Å²) < 4.78 is 5.66. The van der Waals surface area contributed by atoms with Crippen molar-refractivity contribution in [2.45, 2.75) is 52.7 Å². The summed E-state index contributed by atoms with van der Waals surface area (Å²) in [4.78, 5) is 74.4. The lowest BCUT2D eigenvalue weighted by Gasteiger charge is -2.31. The van der Waals surface area contributed by atoms with Crippen LogP contribution in [0.3, 0.4) is 0 Å². The smallest absolute Gasteiger partial charge is 0.340 e. The number of ether oxygens (including phenoxy) is 1. The van der Waals surface area contributed by atoms with Crippen molar-refractivity contribution in [3.8, 4) is 6.07 Å². The number of anilines is 2. The lowest BCUT2D eigenvalue weighted by atomic mass is 9.92. The van der Waals surface area contributed by atoms with Crippen LogP contribution in [0.2, 0.25) is 0 Å². The first kappa shape index (κ1) is 41.8. The molecule has 0 aliphatic carbocycles. The maximum Gasteiger partial charge on any atom is 0.340 e. The molecule has 2 N–H and O–H groups in total. The molecular formula is C42H44N4O8. The lowest BCUT2D eigenvalue weighted by Crippen LogP contribution is -2.57. The number of amides is 3. The summed E-state index contributed by atoms with van der Waals surface area (Å²) >= 11 is 0. The van der Waals surface area contributed by atoms with Crippen LogP contribution < -0.4 is 15.1 Å². The summed E-state index contributed by atoms with van der Waals surface area (Å²) in [6.07, 6.45) is 0. The van der Waals surface area contributed by atoms with Crippen molar-refractivity contribution in [2.75, 3.05) is 23.9 Å². The molecular weight excluding hydrogens is 688 g/mol. The number of rotatable bonds is 4. The minimum absolute atomic E-state index is 0.153. The molecule has 0 saturated carbocycles. The largest absolute Gasteiger partial charge is 0.478 e. The molecule has 0 aromatic heterocycles. The van der Waals surface area contributed by atoms with Gasteiger partial charge in [-0.05, 0) is 84.0 Å². The van der Waals surface area contributed by atoms with Gasteiger partial charge in [-0.15, -0.1) is 0 Å². The second-order valence-electron chi connectivity index (χ2n) is 14.3. The second-order valence-corrected chi connectivity index (χ2v) is 14.3. The third-order valence-corrected chi connectivity index (χ3v) is 7.68. The number of nitrogens with zero attached hydrogens (tertiary/aromatic N) is 3. The topological polar surface area (TPSA) is 174 Å². The molecule has 1 atom stereocenters. The number of benzene rings is 4. The molecule has 0 saturated heterocycles. The fraction of sp³-hybridized carbons (Fsp3) is 0.262. The van der Waals surface area contributed by atoms with Gasteiger partial charge in [0.15, 0.2) is 0 Å². The van der Waals surface area contributed by atoms with E-state index >= 15 is 0 Å². The molecule has 280 valence electrons. The number of ketones is 1. The van der Waals surface area contributed by atoms with Crippen LogP contribution in [0, 0.1) is 16.7 Å². The van der Waals surface area contributed by atoms with Gasteiger partial charge in [0, 0.05) is 30.6 Å². The Hall–Kier alpha value is -6.61. The van der Waals surface area contributed by atoms with E-state index in [1.54, 1.807) is 144 Å². The highest BCUT2D eigenvalue weighted by atomic mass is 16.6. The number of aromatic carboxylic acids is 1. The average Bonchev–Trinajstić information content (AvgIpc) is 3.50. The molecule has 1 unspecified atom stereocenters. The average molecular weight is 733 g/mol. The molecule has 2 aliphatic rings. The number of nitrogens with one attached hydrogen (secondary N) is 1. The summed E-state index contributed by atoms with van der Waals surface area (Å²) in [5, 5.41) is 19.3. The Morgan fingerprint density at radius 1 is 0.704 bits per heavy atom. The number of carbonyl (C=O) groups is 6. The van der Waals surface area contributed by atoms with Crippen LogP contribution in [0.15, 0.2) is 109 Å². The number of likely N-dealkylation sites (N-methyl/N-ethyl adjacent to an activating group) is 2. The van der Waals surface area contributed by atoms with E-state index in [1.807, 2.05) is 20.8 Å². The number of carboxylic acid groups (broad SMARTS) is 1. The summed E-state index contributed by atoms with van der Waals surface area (Å²) in [6.45, 7) is 11.0. The van der Waals surface area contributed by atoms with Gasteiger partial charge in [0.25, 0.3) is 29.1 Å². The fourth-order valence-electron chi connectivity index (χ4n) is 5.01. The third-order valence-electron chi connectivity index (χ3n) is 7.68. The number of fused-ring (bicyclic) bond motifs is 2. The number of hydrogen-bond acceptors (Lipinski definition) is 8. The predicted molar refractivity (Wildman–Crippen MR) is 204 cm³/mol. The van der Waals surface area contributed by atoms with Crippen molar-refractivity contribution >= 4 is 46.8 Å². The Bertz CT molecular complexity index is 2060. The van der Waals surface area contributed by atoms with Crippen LogP contribution in [-0.4, -0.2) is 60.2 Å². The zero-order valence-electron chi connectivity index (χ0n) is 31.5. The summed E-state index contributed by atoms with van der Waals surface area (Å²) in [6, 6.07) is 32.5. The van der Waals surface area contributed by atoms with Crippen LogP contribution in [-0.2, 0) is 24.7 Å². The zero-order chi connectivity index (χ0) is 40.4. The zero-order valence-corrected chi connectivity index (χ0v) is 31.5. The maximum absolute atomic E-state index is 13.2. The Morgan fingerprint density at radius 2 is 1.17 bits per heavy atom. The van der Waals surface area contributed by atoms with Gasteiger partial charge in [-0.3, -0.25) is 19.2 Å². The monoisotopic (exact) mass is 732 g/mol. The molecule has 2 heterocycles. The van der Waals surface area contributed by atoms with E-state index in [4.69, 9.17) is 15.1 Å². The Morgan fingerprint density at radius 3 is 1.63 bits per heavy atom. The van der Waals surface area contributed by atoms with E-state index in [1.165, 1.54) is 9.80 Å². The molecule has 4 aromatic carbocycles. The van der Waals surface area contributed by atoms with Crippen LogP contribution in [0.25, 0.3) is 0 Å². The van der Waals surface area contributed by atoms with E-state index in [0.717, 1.165) is 0 Å². The van der Waals surface area contributed by atoms with Gasteiger partial charge in [0.2, 0.25) is 0 Å². The third kappa shape index (κ3) is 10.0. The van der Waals surface area contributed by atoms with E-state index in [2.05, 4.69) is 11.4 Å². The number of hydrogen-bond donors (Lipinski definition) is 2. The molecule has 3 amide bonds. The van der Waals surface area contributed by atoms with Crippen molar-refractivity contribution in [3.05, 3.63) is 131 Å². The molecule has 0 radical (unpaired) electrons. The van der Waals surface area contributed by atoms with Crippen LogP contribution in [0.1, 0.15) is 78.2 Å². The molecule has 12 heteroatoms. The number of Topliss-reactive ketones (excluding diaryl/α,β-unsaturated/α-hetero) is 1. The number of para-hydroxylation sites is 2. The van der Waals surface area contributed by atoms with Gasteiger partial charge in [0.05, 0.1) is 34.1 Å². The summed E-state index contributed by atoms with van der Waals surface area (Å²) in [5.74, 6) is -3.74. The molecule has 54 heavy (non-hydrogen) atoms. The van der Waals surface area contributed by atoms with E-state index in [0.29, 0.717) is 28.1 Å².